The average molecular weight is 437 g/mol. The van der Waals surface area contributed by atoms with Gasteiger partial charge < -0.3 is 9.13 Å². The highest BCUT2D eigenvalue weighted by atomic mass is 32.1. The molecule has 0 unspecified atom stereocenters. The Kier molecular flexibility index (Phi) is 5.37. The molecule has 0 aliphatic heterocycles. The van der Waals surface area contributed by atoms with Crippen LogP contribution in [0.1, 0.15) is 45.3 Å². The largest absolute Gasteiger partial charge is 0.336 e. The number of benzene rings is 2. The Hall–Kier alpha value is -2.37. The molecule has 4 aromatic rings. The fourth-order valence-corrected chi connectivity index (χ4v) is 4.97. The molecule has 2 aromatic carbocycles. The summed E-state index contributed by atoms with van der Waals surface area (Å²) in [5.41, 5.74) is 3.11. The van der Waals surface area contributed by atoms with Gasteiger partial charge in [0.25, 0.3) is 0 Å². The Morgan fingerprint density at radius 2 is 1.43 bits per heavy atom. The molecule has 0 aliphatic carbocycles. The highest BCUT2D eigenvalue weighted by Crippen LogP contribution is 2.37. The van der Waals surface area contributed by atoms with E-state index in [2.05, 4.69) is 49.7 Å². The molecule has 2 nitrogen and oxygen atoms in total. The van der Waals surface area contributed by atoms with Gasteiger partial charge in [-0.05, 0) is 45.6 Å². The monoisotopic (exact) mass is 436 g/mol. The van der Waals surface area contributed by atoms with Crippen LogP contribution in [0, 0.1) is 22.0 Å². The van der Waals surface area contributed by atoms with E-state index in [0.717, 1.165) is 37.5 Å². The van der Waals surface area contributed by atoms with Crippen molar-refractivity contribution in [2.75, 3.05) is 0 Å². The van der Waals surface area contributed by atoms with Crippen molar-refractivity contribution in [2.45, 2.75) is 46.7 Å². The van der Waals surface area contributed by atoms with E-state index in [0.29, 0.717) is 10.0 Å². The second-order valence-electron chi connectivity index (χ2n) is 8.41. The van der Waals surface area contributed by atoms with Crippen LogP contribution in [0.3, 0.4) is 0 Å². The van der Waals surface area contributed by atoms with Crippen molar-refractivity contribution in [3.05, 3.63) is 69.5 Å². The molecule has 2 heterocycles. The van der Waals surface area contributed by atoms with E-state index in [9.17, 15) is 0 Å². The molecule has 0 radical (unpaired) electrons. The summed E-state index contributed by atoms with van der Waals surface area (Å²) in [7, 11) is 0. The zero-order valence-electron chi connectivity index (χ0n) is 17.9. The molecule has 0 saturated carbocycles. The lowest BCUT2D eigenvalue weighted by Crippen LogP contribution is -2.07. The molecule has 0 N–H and O–H groups in total. The zero-order valence-corrected chi connectivity index (χ0v) is 19.5. The van der Waals surface area contributed by atoms with E-state index in [1.54, 1.807) is 6.07 Å². The highest BCUT2D eigenvalue weighted by Gasteiger charge is 2.17. The lowest BCUT2D eigenvalue weighted by atomic mass is 9.95. The lowest BCUT2D eigenvalue weighted by molar-refractivity contribution is 0.554. The predicted octanol–water partition coefficient (Wildman–Crippen LogP) is 8.33. The maximum absolute atomic E-state index is 15.0. The van der Waals surface area contributed by atoms with Crippen molar-refractivity contribution in [3.63, 3.8) is 0 Å². The normalized spacial score (nSPS) is 11.9. The lowest BCUT2D eigenvalue weighted by Gasteiger charge is -2.20. The Morgan fingerprint density at radius 1 is 0.767 bits per heavy atom. The number of hydrogen-bond acceptors (Lipinski definition) is 2. The van der Waals surface area contributed by atoms with Gasteiger partial charge in [-0.2, -0.15) is 0 Å². The summed E-state index contributed by atoms with van der Waals surface area (Å²) in [6, 6.07) is 12.3. The van der Waals surface area contributed by atoms with E-state index in [-0.39, 0.29) is 17.9 Å². The molecule has 154 valence electrons. The van der Waals surface area contributed by atoms with Crippen LogP contribution in [-0.2, 0) is 0 Å². The summed E-state index contributed by atoms with van der Waals surface area (Å²) in [6.07, 6.45) is 3.62. The van der Waals surface area contributed by atoms with Crippen molar-refractivity contribution in [2.24, 2.45) is 0 Å². The third kappa shape index (κ3) is 3.30. The van der Waals surface area contributed by atoms with Gasteiger partial charge in [0.2, 0.25) is 0 Å². The Bertz CT molecular complexity index is 1410. The predicted molar refractivity (Wildman–Crippen MR) is 130 cm³/mol. The van der Waals surface area contributed by atoms with Crippen LogP contribution < -0.4 is 0 Å². The summed E-state index contributed by atoms with van der Waals surface area (Å²) in [4.78, 5) is 0. The van der Waals surface area contributed by atoms with Crippen LogP contribution in [0.5, 0.6) is 0 Å². The fraction of sp³-hybridized carbons (Fsp3) is 0.280. The highest BCUT2D eigenvalue weighted by molar-refractivity contribution is 7.71. The molecule has 0 saturated heterocycles. The molecule has 0 aliphatic rings. The van der Waals surface area contributed by atoms with Crippen molar-refractivity contribution in [1.29, 1.82) is 0 Å². The molecule has 30 heavy (non-hydrogen) atoms. The number of nitrogens with zero attached hydrogens (tertiary/aromatic N) is 2. The molecule has 2 aromatic heterocycles. The smallest absolute Gasteiger partial charge is 0.147 e. The van der Waals surface area contributed by atoms with Gasteiger partial charge in [-0.1, -0.05) is 66.4 Å². The number of fused-ring (bicyclic) bond motifs is 2. The number of hydrogen-bond donors (Lipinski definition) is 0. The number of rotatable bonds is 3. The third-order valence-electron chi connectivity index (χ3n) is 5.62. The Labute approximate surface area is 186 Å². The molecule has 0 amide bonds. The van der Waals surface area contributed by atoms with Gasteiger partial charge in [-0.15, -0.1) is 0 Å². The van der Waals surface area contributed by atoms with Gasteiger partial charge in [0.15, 0.2) is 0 Å². The summed E-state index contributed by atoms with van der Waals surface area (Å²) in [5, 5.41) is 3.42. The maximum Gasteiger partial charge on any atom is 0.147 e. The van der Waals surface area contributed by atoms with Crippen LogP contribution >= 0.6 is 24.4 Å². The fourth-order valence-electron chi connectivity index (χ4n) is 4.04. The van der Waals surface area contributed by atoms with Crippen LogP contribution in [0.15, 0.2) is 48.8 Å². The summed E-state index contributed by atoms with van der Waals surface area (Å²) in [6.45, 7) is 10.3. The van der Waals surface area contributed by atoms with E-state index >= 15 is 4.39 Å². The molecule has 0 spiro atoms. The van der Waals surface area contributed by atoms with Crippen molar-refractivity contribution in [1.82, 2.24) is 9.13 Å². The number of aromatic nitrogens is 2. The summed E-state index contributed by atoms with van der Waals surface area (Å²) >= 11 is 11.6. The van der Waals surface area contributed by atoms with Crippen molar-refractivity contribution < 1.29 is 4.39 Å². The zero-order chi connectivity index (χ0) is 21.7. The summed E-state index contributed by atoms with van der Waals surface area (Å²) in [5.74, 6) is -0.258. The van der Waals surface area contributed by atoms with Crippen LogP contribution in [0.2, 0.25) is 0 Å². The minimum atomic E-state index is -0.258. The first-order valence-corrected chi connectivity index (χ1v) is 11.0. The Morgan fingerprint density at radius 3 is 2.10 bits per heavy atom. The van der Waals surface area contributed by atoms with Crippen LogP contribution in [0.4, 0.5) is 4.39 Å². The molecule has 0 fully saturated rings. The van der Waals surface area contributed by atoms with Gasteiger partial charge in [0.1, 0.15) is 15.1 Å². The average Bonchev–Trinajstić information content (AvgIpc) is 2.70. The standard InChI is InChI=1S/C25H25FN2S2/c1-14(2)27-12-21(20-11-16(5)9-10-18(20)24(27)29)17-7-6-8-19-22(26)13-28(15(3)4)25(30)23(17)19/h6-15H,1-5H3. The van der Waals surface area contributed by atoms with Gasteiger partial charge in [-0.3, -0.25) is 0 Å². The molecular weight excluding hydrogens is 411 g/mol. The summed E-state index contributed by atoms with van der Waals surface area (Å²) < 4.78 is 20.5. The number of pyridine rings is 2. The first-order valence-electron chi connectivity index (χ1n) is 10.2. The molecule has 0 bridgehead atoms. The minimum Gasteiger partial charge on any atom is -0.336 e. The maximum atomic E-state index is 15.0. The van der Waals surface area contributed by atoms with Crippen molar-refractivity contribution in [3.8, 4) is 11.1 Å². The first kappa shape index (κ1) is 20.9. The van der Waals surface area contributed by atoms with Gasteiger partial charge in [-0.25, -0.2) is 4.39 Å². The van der Waals surface area contributed by atoms with Crippen LogP contribution in [0.25, 0.3) is 32.7 Å². The minimum absolute atomic E-state index is 0.0686. The van der Waals surface area contributed by atoms with Gasteiger partial charge in [0, 0.05) is 46.2 Å². The van der Waals surface area contributed by atoms with E-state index in [1.165, 1.54) is 6.20 Å². The quantitative estimate of drug-likeness (QED) is 0.299. The molecule has 0 atom stereocenters. The first-order chi connectivity index (χ1) is 14.2. The van der Waals surface area contributed by atoms with E-state index in [4.69, 9.17) is 24.4 Å². The second kappa shape index (κ2) is 7.71. The van der Waals surface area contributed by atoms with E-state index < -0.39 is 0 Å². The van der Waals surface area contributed by atoms with Gasteiger partial charge in [0.05, 0.1) is 0 Å². The van der Waals surface area contributed by atoms with Gasteiger partial charge >= 0.3 is 0 Å². The van der Waals surface area contributed by atoms with E-state index in [1.807, 2.05) is 30.5 Å². The SMILES string of the molecule is Cc1ccc2c(=S)n(C(C)C)cc(-c3cccc4c(F)cn(C(C)C)c(=S)c34)c2c1. The molecular formula is C25H25FN2S2. The number of halogens is 1. The molecule has 4 rings (SSSR count). The topological polar surface area (TPSA) is 9.86 Å². The third-order valence-corrected chi connectivity index (χ3v) is 6.47. The number of aryl methyl sites for hydroxylation is 1. The van der Waals surface area contributed by atoms with Crippen molar-refractivity contribution >= 4 is 46.0 Å². The Balaban J connectivity index is 2.24. The second-order valence-corrected chi connectivity index (χ2v) is 9.18. The molecule has 5 heteroatoms. The van der Waals surface area contributed by atoms with Crippen LogP contribution in [-0.4, -0.2) is 9.13 Å².